The Labute approximate surface area is 97.5 Å². The maximum atomic E-state index is 13.1. The Bertz CT molecular complexity index is 450. The van der Waals surface area contributed by atoms with Crippen molar-refractivity contribution in [3.63, 3.8) is 0 Å². The first-order chi connectivity index (χ1) is 8.04. The van der Waals surface area contributed by atoms with E-state index in [9.17, 15) is 13.6 Å². The van der Waals surface area contributed by atoms with Crippen LogP contribution in [-0.4, -0.2) is 18.1 Å². The zero-order valence-corrected chi connectivity index (χ0v) is 9.28. The van der Waals surface area contributed by atoms with Crippen molar-refractivity contribution in [3.8, 4) is 0 Å². The molecule has 2 rings (SSSR count). The molecule has 1 saturated carbocycles. The Morgan fingerprint density at radius 3 is 2.65 bits per heavy atom. The lowest BCUT2D eigenvalue weighted by Gasteiger charge is -2.16. The molecule has 1 aromatic carbocycles. The number of halogens is 2. The van der Waals surface area contributed by atoms with Crippen LogP contribution in [0.2, 0.25) is 0 Å². The number of rotatable bonds is 4. The van der Waals surface area contributed by atoms with Crippen LogP contribution in [-0.2, 0) is 4.79 Å². The van der Waals surface area contributed by atoms with Crippen molar-refractivity contribution < 1.29 is 18.7 Å². The van der Waals surface area contributed by atoms with Crippen LogP contribution in [0.5, 0.6) is 0 Å². The van der Waals surface area contributed by atoms with Crippen LogP contribution in [0.1, 0.15) is 18.0 Å². The molecule has 0 aliphatic heterocycles. The summed E-state index contributed by atoms with van der Waals surface area (Å²) < 4.78 is 25.9. The zero-order valence-electron chi connectivity index (χ0n) is 9.28. The van der Waals surface area contributed by atoms with E-state index in [1.165, 1.54) is 6.07 Å². The highest BCUT2D eigenvalue weighted by Gasteiger charge is 2.48. The molecular weight excluding hydrogens is 228 g/mol. The van der Waals surface area contributed by atoms with E-state index in [-0.39, 0.29) is 17.9 Å². The van der Waals surface area contributed by atoms with Crippen molar-refractivity contribution in [2.75, 3.05) is 7.05 Å². The largest absolute Gasteiger partial charge is 0.481 e. The highest BCUT2D eigenvalue weighted by atomic mass is 19.2. The summed E-state index contributed by atoms with van der Waals surface area (Å²) >= 11 is 0. The number of hydrogen-bond donors (Lipinski definition) is 2. The van der Waals surface area contributed by atoms with Crippen LogP contribution in [0, 0.1) is 23.5 Å². The van der Waals surface area contributed by atoms with E-state index in [0.717, 1.165) is 12.1 Å². The molecule has 92 valence electrons. The molecule has 5 heteroatoms. The summed E-state index contributed by atoms with van der Waals surface area (Å²) in [6.07, 6.45) is 0.569. The molecule has 1 aliphatic rings. The minimum atomic E-state index is -0.907. The van der Waals surface area contributed by atoms with Gasteiger partial charge in [-0.2, -0.15) is 0 Å². The first-order valence-corrected chi connectivity index (χ1v) is 5.39. The molecule has 3 atom stereocenters. The van der Waals surface area contributed by atoms with Crippen LogP contribution in [0.15, 0.2) is 18.2 Å². The van der Waals surface area contributed by atoms with Gasteiger partial charge in [0.15, 0.2) is 11.6 Å². The van der Waals surface area contributed by atoms with Gasteiger partial charge in [0, 0.05) is 6.04 Å². The third kappa shape index (κ3) is 2.29. The topological polar surface area (TPSA) is 49.3 Å². The number of carbonyl (C=O) groups is 1. The van der Waals surface area contributed by atoms with E-state index in [1.54, 1.807) is 7.05 Å². The second kappa shape index (κ2) is 4.41. The van der Waals surface area contributed by atoms with Crippen LogP contribution >= 0.6 is 0 Å². The lowest BCUT2D eigenvalue weighted by Crippen LogP contribution is -2.20. The summed E-state index contributed by atoms with van der Waals surface area (Å²) in [5, 5.41) is 11.8. The summed E-state index contributed by atoms with van der Waals surface area (Å²) in [5.41, 5.74) is 0.583. The van der Waals surface area contributed by atoms with Gasteiger partial charge >= 0.3 is 5.97 Å². The van der Waals surface area contributed by atoms with Gasteiger partial charge in [-0.1, -0.05) is 6.07 Å². The van der Waals surface area contributed by atoms with Crippen molar-refractivity contribution in [2.24, 2.45) is 11.8 Å². The van der Waals surface area contributed by atoms with Crippen molar-refractivity contribution in [1.29, 1.82) is 0 Å². The van der Waals surface area contributed by atoms with Crippen molar-refractivity contribution in [1.82, 2.24) is 5.32 Å². The summed E-state index contributed by atoms with van der Waals surface area (Å²) in [5.74, 6) is -3.08. The molecule has 1 fully saturated rings. The molecule has 17 heavy (non-hydrogen) atoms. The molecule has 0 radical (unpaired) electrons. The number of nitrogens with one attached hydrogen (secondary N) is 1. The molecular formula is C12H13F2NO2. The second-order valence-electron chi connectivity index (χ2n) is 4.28. The molecule has 0 saturated heterocycles. The second-order valence-corrected chi connectivity index (χ2v) is 4.28. The third-order valence-electron chi connectivity index (χ3n) is 3.20. The Hall–Kier alpha value is -1.49. The quantitative estimate of drug-likeness (QED) is 0.847. The van der Waals surface area contributed by atoms with E-state index in [2.05, 4.69) is 5.32 Å². The first kappa shape index (κ1) is 12.0. The lowest BCUT2D eigenvalue weighted by molar-refractivity contribution is -0.138. The predicted octanol–water partition coefficient (Wildman–Crippen LogP) is 1.95. The number of carboxylic acid groups (broad SMARTS) is 1. The van der Waals surface area contributed by atoms with Gasteiger partial charge in [-0.3, -0.25) is 4.79 Å². The number of hydrogen-bond acceptors (Lipinski definition) is 2. The van der Waals surface area contributed by atoms with Crippen molar-refractivity contribution in [2.45, 2.75) is 12.5 Å². The Kier molecular flexibility index (Phi) is 3.11. The molecule has 0 spiro atoms. The Balaban J connectivity index is 2.19. The number of benzene rings is 1. The molecule has 3 nitrogen and oxygen atoms in total. The normalized spacial score (nSPS) is 24.4. The van der Waals surface area contributed by atoms with Crippen LogP contribution in [0.3, 0.4) is 0 Å². The van der Waals surface area contributed by atoms with Crippen molar-refractivity contribution >= 4 is 5.97 Å². The summed E-state index contributed by atoms with van der Waals surface area (Å²) in [4.78, 5) is 10.8. The lowest BCUT2D eigenvalue weighted by atomic mass is 10.0. The Morgan fingerprint density at radius 1 is 1.47 bits per heavy atom. The summed E-state index contributed by atoms with van der Waals surface area (Å²) in [6, 6.07) is 3.42. The predicted molar refractivity (Wildman–Crippen MR) is 57.4 cm³/mol. The van der Waals surface area contributed by atoms with E-state index in [1.807, 2.05) is 0 Å². The van der Waals surface area contributed by atoms with E-state index >= 15 is 0 Å². The average Bonchev–Trinajstić information content (AvgIpc) is 3.04. The van der Waals surface area contributed by atoms with Crippen LogP contribution in [0.25, 0.3) is 0 Å². The molecule has 1 aliphatic carbocycles. The molecule has 3 unspecified atom stereocenters. The van der Waals surface area contributed by atoms with Crippen LogP contribution < -0.4 is 5.32 Å². The Morgan fingerprint density at radius 2 is 2.18 bits per heavy atom. The van der Waals surface area contributed by atoms with E-state index < -0.39 is 17.6 Å². The standard InChI is InChI=1S/C12H13F2NO2/c1-15-11(7-5-8(7)12(16)17)6-2-3-9(13)10(14)4-6/h2-4,7-8,11,15H,5H2,1H3,(H,16,17). The van der Waals surface area contributed by atoms with Gasteiger partial charge in [-0.05, 0) is 37.1 Å². The minimum absolute atomic E-state index is 0.0534. The van der Waals surface area contributed by atoms with Gasteiger partial charge in [-0.15, -0.1) is 0 Å². The maximum Gasteiger partial charge on any atom is 0.306 e. The fourth-order valence-electron chi connectivity index (χ4n) is 2.20. The summed E-state index contributed by atoms with van der Waals surface area (Å²) in [6.45, 7) is 0. The number of carboxylic acids is 1. The van der Waals surface area contributed by atoms with Gasteiger partial charge in [0.2, 0.25) is 0 Å². The number of aliphatic carboxylic acids is 1. The maximum absolute atomic E-state index is 13.1. The van der Waals surface area contributed by atoms with E-state index in [0.29, 0.717) is 12.0 Å². The summed E-state index contributed by atoms with van der Waals surface area (Å²) in [7, 11) is 1.68. The van der Waals surface area contributed by atoms with Gasteiger partial charge in [0.05, 0.1) is 5.92 Å². The SMILES string of the molecule is CNC(c1ccc(F)c(F)c1)C1CC1C(=O)O. The average molecular weight is 241 g/mol. The fraction of sp³-hybridized carbons (Fsp3) is 0.417. The first-order valence-electron chi connectivity index (χ1n) is 5.39. The van der Waals surface area contributed by atoms with Crippen LogP contribution in [0.4, 0.5) is 8.78 Å². The van der Waals surface area contributed by atoms with Gasteiger partial charge < -0.3 is 10.4 Å². The molecule has 0 bridgehead atoms. The van der Waals surface area contributed by atoms with Gasteiger partial charge in [0.25, 0.3) is 0 Å². The van der Waals surface area contributed by atoms with Crippen molar-refractivity contribution in [3.05, 3.63) is 35.4 Å². The highest BCUT2D eigenvalue weighted by Crippen LogP contribution is 2.47. The minimum Gasteiger partial charge on any atom is -0.481 e. The molecule has 0 heterocycles. The van der Waals surface area contributed by atoms with Gasteiger partial charge in [-0.25, -0.2) is 8.78 Å². The molecule has 0 aromatic heterocycles. The van der Waals surface area contributed by atoms with E-state index in [4.69, 9.17) is 5.11 Å². The molecule has 1 aromatic rings. The van der Waals surface area contributed by atoms with Gasteiger partial charge in [0.1, 0.15) is 0 Å². The smallest absolute Gasteiger partial charge is 0.306 e. The molecule has 0 amide bonds. The molecule has 2 N–H and O–H groups in total. The fourth-order valence-corrected chi connectivity index (χ4v) is 2.20. The third-order valence-corrected chi connectivity index (χ3v) is 3.20. The highest BCUT2D eigenvalue weighted by molar-refractivity contribution is 5.73. The monoisotopic (exact) mass is 241 g/mol. The zero-order chi connectivity index (χ0) is 12.6.